The van der Waals surface area contributed by atoms with Gasteiger partial charge in [0.25, 0.3) is 0 Å². The quantitative estimate of drug-likeness (QED) is 0.653. The van der Waals surface area contributed by atoms with E-state index in [1.54, 1.807) is 12.1 Å². The van der Waals surface area contributed by atoms with Gasteiger partial charge in [-0.1, -0.05) is 53.5 Å². The molecule has 132 valence electrons. The summed E-state index contributed by atoms with van der Waals surface area (Å²) in [7, 11) is 0. The maximum Gasteiger partial charge on any atom is 0.321 e. The molecule has 1 amide bonds. The van der Waals surface area contributed by atoms with E-state index in [1.165, 1.54) is 6.07 Å². The summed E-state index contributed by atoms with van der Waals surface area (Å²) in [6.45, 7) is 0.459. The van der Waals surface area contributed by atoms with E-state index < -0.39 is 17.9 Å². The van der Waals surface area contributed by atoms with Gasteiger partial charge in [-0.05, 0) is 36.7 Å². The fourth-order valence-corrected chi connectivity index (χ4v) is 2.55. The first-order valence-corrected chi connectivity index (χ1v) is 8.46. The number of halogens is 2. The number of rotatable bonds is 8. The molecule has 0 saturated heterocycles. The highest BCUT2D eigenvalue weighted by Crippen LogP contribution is 2.25. The predicted molar refractivity (Wildman–Crippen MR) is 99.3 cm³/mol. The molecule has 2 aromatic rings. The number of hydrogen-bond donors (Lipinski definition) is 3. The second-order valence-corrected chi connectivity index (χ2v) is 6.28. The Bertz CT molecular complexity index is 738. The van der Waals surface area contributed by atoms with Crippen LogP contribution in [-0.2, 0) is 16.0 Å². The average molecular weight is 381 g/mol. The van der Waals surface area contributed by atoms with Crippen molar-refractivity contribution < 1.29 is 14.7 Å². The van der Waals surface area contributed by atoms with Crippen LogP contribution in [0, 0.1) is 0 Å². The Morgan fingerprint density at radius 2 is 1.76 bits per heavy atom. The predicted octanol–water partition coefficient (Wildman–Crippen LogP) is 3.61. The largest absolute Gasteiger partial charge is 0.480 e. The minimum atomic E-state index is -1.07. The maximum atomic E-state index is 12.1. The van der Waals surface area contributed by atoms with Crippen LogP contribution in [0.3, 0.4) is 0 Å². The van der Waals surface area contributed by atoms with Gasteiger partial charge in [-0.3, -0.25) is 9.59 Å². The summed E-state index contributed by atoms with van der Waals surface area (Å²) in [5, 5.41) is 15.5. The molecule has 0 aromatic heterocycles. The molecule has 0 bridgehead atoms. The van der Waals surface area contributed by atoms with E-state index in [4.69, 9.17) is 23.2 Å². The van der Waals surface area contributed by atoms with Crippen LogP contribution in [0.4, 0.5) is 5.69 Å². The molecular weight excluding hydrogens is 363 g/mol. The number of aliphatic carboxylic acids is 1. The third kappa shape index (κ3) is 6.38. The molecule has 0 aliphatic carbocycles. The monoisotopic (exact) mass is 380 g/mol. The van der Waals surface area contributed by atoms with E-state index in [0.29, 0.717) is 28.7 Å². The smallest absolute Gasteiger partial charge is 0.321 e. The third-order valence-electron chi connectivity index (χ3n) is 3.54. The van der Waals surface area contributed by atoms with Crippen LogP contribution in [0.1, 0.15) is 12.0 Å². The number of hydrogen-bond acceptors (Lipinski definition) is 3. The van der Waals surface area contributed by atoms with Crippen molar-refractivity contribution in [2.45, 2.75) is 18.9 Å². The van der Waals surface area contributed by atoms with Gasteiger partial charge in [-0.15, -0.1) is 0 Å². The number of carbonyl (C=O) groups is 2. The minimum Gasteiger partial charge on any atom is -0.480 e. The van der Waals surface area contributed by atoms with Crippen LogP contribution < -0.4 is 10.6 Å². The lowest BCUT2D eigenvalue weighted by atomic mass is 10.1. The van der Waals surface area contributed by atoms with Gasteiger partial charge in [0.2, 0.25) is 5.91 Å². The molecule has 0 spiro atoms. The Kier molecular flexibility index (Phi) is 7.25. The van der Waals surface area contributed by atoms with E-state index in [-0.39, 0.29) is 6.42 Å². The molecule has 0 heterocycles. The number of benzene rings is 2. The Balaban J connectivity index is 1.86. The Labute approximate surface area is 156 Å². The normalized spacial score (nSPS) is 11.8. The zero-order valence-corrected chi connectivity index (χ0v) is 14.8. The molecule has 2 rings (SSSR count). The lowest BCUT2D eigenvalue weighted by Crippen LogP contribution is -2.40. The lowest BCUT2D eigenvalue weighted by Gasteiger charge is -2.14. The molecule has 0 aliphatic heterocycles. The second-order valence-electron chi connectivity index (χ2n) is 5.46. The highest BCUT2D eigenvalue weighted by molar-refractivity contribution is 6.42. The van der Waals surface area contributed by atoms with E-state index in [1.807, 2.05) is 30.3 Å². The molecule has 0 fully saturated rings. The summed E-state index contributed by atoms with van der Waals surface area (Å²) in [5.74, 6) is -1.49. The minimum absolute atomic E-state index is 0.190. The summed E-state index contributed by atoms with van der Waals surface area (Å²) >= 11 is 11.7. The summed E-state index contributed by atoms with van der Waals surface area (Å²) in [4.78, 5) is 23.4. The van der Waals surface area contributed by atoms with Crippen LogP contribution in [0.25, 0.3) is 0 Å². The number of anilines is 1. The molecule has 7 heteroatoms. The van der Waals surface area contributed by atoms with E-state index in [2.05, 4.69) is 10.6 Å². The number of carbonyl (C=O) groups excluding carboxylic acids is 1. The summed E-state index contributed by atoms with van der Waals surface area (Å²) in [6.07, 6.45) is 0.489. The summed E-state index contributed by atoms with van der Waals surface area (Å²) in [6, 6.07) is 13.4. The van der Waals surface area contributed by atoms with Crippen LogP contribution in [0.2, 0.25) is 10.0 Å². The van der Waals surface area contributed by atoms with Gasteiger partial charge < -0.3 is 15.7 Å². The van der Waals surface area contributed by atoms with Gasteiger partial charge in [-0.2, -0.15) is 0 Å². The fourth-order valence-electron chi connectivity index (χ4n) is 2.25. The van der Waals surface area contributed by atoms with Crippen LogP contribution in [-0.4, -0.2) is 29.6 Å². The van der Waals surface area contributed by atoms with Crippen molar-refractivity contribution in [3.63, 3.8) is 0 Å². The standard InChI is InChI=1S/C18H18Cl2N2O3/c19-14-7-6-13(10-15(14)20)22-17(23)11-16(18(24)25)21-9-8-12-4-2-1-3-5-12/h1-7,10,16,21H,8-9,11H2,(H,22,23)(H,24,25)/t16-/m1/s1. The molecule has 0 aliphatic rings. The highest BCUT2D eigenvalue weighted by Gasteiger charge is 2.20. The van der Waals surface area contributed by atoms with Crippen molar-refractivity contribution in [1.29, 1.82) is 0 Å². The molecule has 0 unspecified atom stereocenters. The van der Waals surface area contributed by atoms with Crippen LogP contribution in [0.15, 0.2) is 48.5 Å². The first-order chi connectivity index (χ1) is 12.0. The molecule has 3 N–H and O–H groups in total. The number of carboxylic acid groups (broad SMARTS) is 1. The lowest BCUT2D eigenvalue weighted by molar-refractivity contribution is -0.141. The van der Waals surface area contributed by atoms with E-state index >= 15 is 0 Å². The van der Waals surface area contributed by atoms with Gasteiger partial charge in [0.15, 0.2) is 0 Å². The molecule has 2 aromatic carbocycles. The first-order valence-electron chi connectivity index (χ1n) is 7.70. The molecular formula is C18H18Cl2N2O3. The zero-order chi connectivity index (χ0) is 18.2. The Hall–Kier alpha value is -2.08. The first kappa shape index (κ1) is 19.2. The van der Waals surface area contributed by atoms with Gasteiger partial charge in [0.05, 0.1) is 16.5 Å². The maximum absolute atomic E-state index is 12.1. The highest BCUT2D eigenvalue weighted by atomic mass is 35.5. The molecule has 25 heavy (non-hydrogen) atoms. The van der Waals surface area contributed by atoms with E-state index in [9.17, 15) is 14.7 Å². The Morgan fingerprint density at radius 1 is 1.04 bits per heavy atom. The number of amides is 1. The number of nitrogens with one attached hydrogen (secondary N) is 2. The average Bonchev–Trinajstić information content (AvgIpc) is 2.58. The van der Waals surface area contributed by atoms with Crippen molar-refractivity contribution in [3.05, 3.63) is 64.1 Å². The molecule has 0 radical (unpaired) electrons. The summed E-state index contributed by atoms with van der Waals surface area (Å²) < 4.78 is 0. The summed E-state index contributed by atoms with van der Waals surface area (Å²) in [5.41, 5.74) is 1.56. The molecule has 0 saturated carbocycles. The van der Waals surface area contributed by atoms with Crippen molar-refractivity contribution >= 4 is 40.8 Å². The topological polar surface area (TPSA) is 78.4 Å². The fraction of sp³-hybridized carbons (Fsp3) is 0.222. The zero-order valence-electron chi connectivity index (χ0n) is 13.3. The van der Waals surface area contributed by atoms with Crippen LogP contribution >= 0.6 is 23.2 Å². The Morgan fingerprint density at radius 3 is 2.40 bits per heavy atom. The van der Waals surface area contributed by atoms with Gasteiger partial charge in [-0.25, -0.2) is 0 Å². The van der Waals surface area contributed by atoms with Crippen molar-refractivity contribution in [3.8, 4) is 0 Å². The molecule has 5 nitrogen and oxygen atoms in total. The van der Waals surface area contributed by atoms with Gasteiger partial charge in [0, 0.05) is 5.69 Å². The van der Waals surface area contributed by atoms with Gasteiger partial charge in [0.1, 0.15) is 6.04 Å². The van der Waals surface area contributed by atoms with Gasteiger partial charge >= 0.3 is 5.97 Å². The van der Waals surface area contributed by atoms with E-state index in [0.717, 1.165) is 5.56 Å². The van der Waals surface area contributed by atoms with Crippen molar-refractivity contribution in [2.75, 3.05) is 11.9 Å². The third-order valence-corrected chi connectivity index (χ3v) is 4.28. The SMILES string of the molecule is O=C(C[C@@H](NCCc1ccccc1)C(=O)O)Nc1ccc(Cl)c(Cl)c1. The van der Waals surface area contributed by atoms with Crippen molar-refractivity contribution in [2.24, 2.45) is 0 Å². The van der Waals surface area contributed by atoms with Crippen LogP contribution in [0.5, 0.6) is 0 Å². The van der Waals surface area contributed by atoms with Crippen molar-refractivity contribution in [1.82, 2.24) is 5.32 Å². The molecule has 1 atom stereocenters. The second kappa shape index (κ2) is 9.42. The number of carboxylic acids is 1.